The molecule has 0 fully saturated rings. The first-order chi connectivity index (χ1) is 5.81. The Hall–Kier alpha value is 1.46. The molecule has 2 heteroatoms. The van der Waals surface area contributed by atoms with Crippen molar-refractivity contribution in [3.05, 3.63) is 4.43 Å². The third-order valence-electron chi connectivity index (χ3n) is 1.97. The average Bonchev–Trinajstić information content (AvgIpc) is 2.10. The summed E-state index contributed by atoms with van der Waals surface area (Å²) >= 11 is 4.87. The van der Waals surface area contributed by atoms with Gasteiger partial charge in [-0.1, -0.05) is 90.6 Å². The molecule has 0 aliphatic rings. The molecule has 0 nitrogen and oxygen atoms in total. The molecule has 0 aromatic heterocycles. The standard InChI is InChI=1S/C10H19I2/c1-2-3-4-5-6-7-8-10(12)9-11/h9-10H,2-8H2,1H3. The summed E-state index contributed by atoms with van der Waals surface area (Å²) in [5.74, 6) is 0. The molecule has 0 aromatic carbocycles. The summed E-state index contributed by atoms with van der Waals surface area (Å²) in [4.78, 5) is 0. The normalized spacial score (nSPS) is 13.2. The summed E-state index contributed by atoms with van der Waals surface area (Å²) in [5.41, 5.74) is 0. The zero-order chi connectivity index (χ0) is 9.23. The Morgan fingerprint density at radius 1 is 1.08 bits per heavy atom. The lowest BCUT2D eigenvalue weighted by molar-refractivity contribution is 0.596. The van der Waals surface area contributed by atoms with E-state index in [1.54, 1.807) is 0 Å². The number of halogens is 2. The van der Waals surface area contributed by atoms with E-state index >= 15 is 0 Å². The van der Waals surface area contributed by atoms with Gasteiger partial charge in [-0.2, -0.15) is 0 Å². The maximum atomic E-state index is 2.51. The van der Waals surface area contributed by atoms with Gasteiger partial charge in [-0.05, 0) is 6.42 Å². The number of unbranched alkanes of at least 4 members (excludes halogenated alkanes) is 5. The second kappa shape index (κ2) is 10.5. The van der Waals surface area contributed by atoms with Gasteiger partial charge >= 0.3 is 0 Å². The van der Waals surface area contributed by atoms with E-state index in [1.165, 1.54) is 44.9 Å². The number of hydrogen-bond donors (Lipinski definition) is 0. The average molecular weight is 393 g/mol. The molecule has 0 heterocycles. The van der Waals surface area contributed by atoms with Gasteiger partial charge in [0.2, 0.25) is 0 Å². The summed E-state index contributed by atoms with van der Waals surface area (Å²) in [7, 11) is 0. The van der Waals surface area contributed by atoms with Crippen LogP contribution in [0.1, 0.15) is 51.9 Å². The molecule has 0 saturated heterocycles. The maximum Gasteiger partial charge on any atom is 0.0355 e. The Morgan fingerprint density at radius 3 is 2.25 bits per heavy atom. The first kappa shape index (κ1) is 13.5. The van der Waals surface area contributed by atoms with Crippen LogP contribution in [0.5, 0.6) is 0 Å². The molecule has 0 spiro atoms. The molecule has 0 aliphatic carbocycles. The zero-order valence-corrected chi connectivity index (χ0v) is 12.2. The van der Waals surface area contributed by atoms with Crippen molar-refractivity contribution in [3.8, 4) is 0 Å². The Bertz CT molecular complexity index is 83.9. The lowest BCUT2D eigenvalue weighted by Crippen LogP contribution is -1.93. The molecule has 0 N–H and O–H groups in total. The molecule has 12 heavy (non-hydrogen) atoms. The van der Waals surface area contributed by atoms with E-state index in [-0.39, 0.29) is 0 Å². The van der Waals surface area contributed by atoms with Crippen molar-refractivity contribution in [2.45, 2.75) is 55.8 Å². The molecule has 0 saturated carbocycles. The molecule has 1 unspecified atom stereocenters. The molecule has 0 bridgehead atoms. The quantitative estimate of drug-likeness (QED) is 0.305. The summed E-state index contributed by atoms with van der Waals surface area (Å²) < 4.78 is 3.05. The van der Waals surface area contributed by atoms with Crippen molar-refractivity contribution in [2.24, 2.45) is 0 Å². The molecule has 0 amide bonds. The lowest BCUT2D eigenvalue weighted by atomic mass is 10.1. The monoisotopic (exact) mass is 393 g/mol. The van der Waals surface area contributed by atoms with Crippen molar-refractivity contribution in [1.82, 2.24) is 0 Å². The summed E-state index contributed by atoms with van der Waals surface area (Å²) in [6, 6.07) is 0. The molecular formula is C10H19I2. The largest absolute Gasteiger partial charge is 0.0814 e. The van der Waals surface area contributed by atoms with Crippen molar-refractivity contribution >= 4 is 45.2 Å². The van der Waals surface area contributed by atoms with Crippen LogP contribution in [-0.2, 0) is 0 Å². The second-order valence-electron chi connectivity index (χ2n) is 3.20. The van der Waals surface area contributed by atoms with Crippen LogP contribution in [0.4, 0.5) is 0 Å². The summed E-state index contributed by atoms with van der Waals surface area (Å²) in [5, 5.41) is 0. The SMILES string of the molecule is CCCCCCCCC(I)[CH]I. The van der Waals surface area contributed by atoms with Crippen molar-refractivity contribution in [1.29, 1.82) is 0 Å². The Kier molecular flexibility index (Phi) is 11.8. The van der Waals surface area contributed by atoms with Crippen LogP contribution < -0.4 is 0 Å². The van der Waals surface area contributed by atoms with E-state index < -0.39 is 0 Å². The van der Waals surface area contributed by atoms with Gasteiger partial charge < -0.3 is 0 Å². The molecule has 73 valence electrons. The maximum absolute atomic E-state index is 2.51. The van der Waals surface area contributed by atoms with Crippen LogP contribution in [0.25, 0.3) is 0 Å². The fourth-order valence-corrected chi connectivity index (χ4v) is 1.98. The van der Waals surface area contributed by atoms with E-state index in [9.17, 15) is 0 Å². The first-order valence-corrected chi connectivity index (χ1v) is 7.38. The van der Waals surface area contributed by atoms with Crippen LogP contribution in [0.2, 0.25) is 0 Å². The van der Waals surface area contributed by atoms with Crippen LogP contribution in [0.3, 0.4) is 0 Å². The van der Waals surface area contributed by atoms with Gasteiger partial charge in [0.25, 0.3) is 0 Å². The predicted molar refractivity (Wildman–Crippen MR) is 74.1 cm³/mol. The summed E-state index contributed by atoms with van der Waals surface area (Å²) in [6.07, 6.45) is 9.88. The highest BCUT2D eigenvalue weighted by atomic mass is 127. The third kappa shape index (κ3) is 9.55. The Balaban J connectivity index is 2.90. The van der Waals surface area contributed by atoms with E-state index in [4.69, 9.17) is 0 Å². The lowest BCUT2D eigenvalue weighted by Gasteiger charge is -2.04. The van der Waals surface area contributed by atoms with E-state index in [1.807, 2.05) is 0 Å². The molecule has 1 atom stereocenters. The van der Waals surface area contributed by atoms with Crippen molar-refractivity contribution in [2.75, 3.05) is 0 Å². The molecule has 0 aliphatic heterocycles. The number of hydrogen-bond acceptors (Lipinski definition) is 0. The Morgan fingerprint density at radius 2 is 1.67 bits per heavy atom. The smallest absolute Gasteiger partial charge is 0.0355 e. The van der Waals surface area contributed by atoms with Gasteiger partial charge in [0.05, 0.1) is 0 Å². The minimum absolute atomic E-state index is 0.786. The van der Waals surface area contributed by atoms with Crippen molar-refractivity contribution < 1.29 is 0 Å². The molecular weight excluding hydrogens is 374 g/mol. The highest BCUT2D eigenvalue weighted by Gasteiger charge is 2.00. The van der Waals surface area contributed by atoms with Gasteiger partial charge in [0.1, 0.15) is 0 Å². The third-order valence-corrected chi connectivity index (χ3v) is 5.20. The highest BCUT2D eigenvalue weighted by Crippen LogP contribution is 2.18. The second-order valence-corrected chi connectivity index (χ2v) is 5.52. The predicted octanol–water partition coefficient (Wildman–Crippen LogP) is 5.14. The Labute approximate surface area is 105 Å². The highest BCUT2D eigenvalue weighted by molar-refractivity contribution is 14.1. The zero-order valence-electron chi connectivity index (χ0n) is 7.86. The van der Waals surface area contributed by atoms with Crippen LogP contribution in [0.15, 0.2) is 0 Å². The van der Waals surface area contributed by atoms with Gasteiger partial charge in [0, 0.05) is 8.35 Å². The molecule has 0 rings (SSSR count). The van der Waals surface area contributed by atoms with Gasteiger partial charge in [0.15, 0.2) is 0 Å². The molecule has 1 radical (unpaired) electrons. The van der Waals surface area contributed by atoms with Gasteiger partial charge in [-0.25, -0.2) is 0 Å². The van der Waals surface area contributed by atoms with Gasteiger partial charge in [-0.15, -0.1) is 0 Å². The fourth-order valence-electron chi connectivity index (χ4n) is 1.18. The minimum atomic E-state index is 0.786. The van der Waals surface area contributed by atoms with Gasteiger partial charge in [-0.3, -0.25) is 0 Å². The van der Waals surface area contributed by atoms with E-state index in [0.717, 1.165) is 3.92 Å². The van der Waals surface area contributed by atoms with Crippen molar-refractivity contribution in [3.63, 3.8) is 0 Å². The van der Waals surface area contributed by atoms with Crippen LogP contribution in [-0.4, -0.2) is 3.92 Å². The first-order valence-electron chi connectivity index (χ1n) is 4.89. The molecule has 0 aromatic rings. The summed E-state index contributed by atoms with van der Waals surface area (Å²) in [6.45, 7) is 2.27. The minimum Gasteiger partial charge on any atom is -0.0814 e. The van der Waals surface area contributed by atoms with Crippen LogP contribution in [0, 0.1) is 4.43 Å². The fraction of sp³-hybridized carbons (Fsp3) is 0.900. The van der Waals surface area contributed by atoms with E-state index in [0.29, 0.717) is 0 Å². The number of rotatable bonds is 8. The topological polar surface area (TPSA) is 0 Å². The number of alkyl halides is 1. The van der Waals surface area contributed by atoms with E-state index in [2.05, 4.69) is 56.5 Å². The van der Waals surface area contributed by atoms with Crippen LogP contribution >= 0.6 is 45.2 Å².